The third-order valence-electron chi connectivity index (χ3n) is 8.46. The van der Waals surface area contributed by atoms with Gasteiger partial charge in [-0.05, 0) is 69.3 Å². The number of carbonyl (C=O) groups is 1. The fraction of sp³-hybridized carbons (Fsp3) is 0.615. The summed E-state index contributed by atoms with van der Waals surface area (Å²) in [4.78, 5) is 29.3. The number of alkyl halides is 3. The first kappa shape index (κ1) is 24.9. The van der Waals surface area contributed by atoms with E-state index in [-0.39, 0.29) is 42.6 Å². The minimum Gasteiger partial charge on any atom is -0.473 e. The lowest BCUT2D eigenvalue weighted by Gasteiger charge is -2.41. The fourth-order valence-corrected chi connectivity index (χ4v) is 6.24. The van der Waals surface area contributed by atoms with Gasteiger partial charge in [-0.2, -0.15) is 18.3 Å². The van der Waals surface area contributed by atoms with Crippen LogP contribution >= 0.6 is 0 Å². The maximum absolute atomic E-state index is 13.9. The summed E-state index contributed by atoms with van der Waals surface area (Å²) in [6, 6.07) is 5.23. The van der Waals surface area contributed by atoms with Crippen molar-refractivity contribution in [2.45, 2.75) is 70.6 Å². The van der Waals surface area contributed by atoms with Crippen molar-refractivity contribution in [3.63, 3.8) is 0 Å². The number of hydrogen-bond acceptors (Lipinski definition) is 5. The molecule has 1 aromatic carbocycles. The van der Waals surface area contributed by atoms with Crippen LogP contribution in [-0.4, -0.2) is 46.7 Å². The lowest BCUT2D eigenvalue weighted by Crippen LogP contribution is -2.49. The van der Waals surface area contributed by atoms with Crippen molar-refractivity contribution in [1.29, 1.82) is 0 Å². The average molecular weight is 508 g/mol. The molecular weight excluding hydrogens is 475 g/mol. The summed E-state index contributed by atoms with van der Waals surface area (Å²) in [6.07, 6.45) is -0.307. The van der Waals surface area contributed by atoms with E-state index in [2.05, 4.69) is 23.9 Å². The van der Waals surface area contributed by atoms with E-state index in [4.69, 9.17) is 9.26 Å². The van der Waals surface area contributed by atoms with E-state index in [1.54, 1.807) is 4.90 Å². The van der Waals surface area contributed by atoms with Crippen LogP contribution in [0.4, 0.5) is 13.2 Å². The molecule has 1 N–H and O–H groups in total. The molecule has 1 aliphatic carbocycles. The smallest absolute Gasteiger partial charge is 0.416 e. The molecule has 3 aliphatic rings. The van der Waals surface area contributed by atoms with Crippen LogP contribution in [0.2, 0.25) is 0 Å². The number of halogens is 3. The number of fused-ring (bicyclic) bond motifs is 1. The summed E-state index contributed by atoms with van der Waals surface area (Å²) in [5.41, 5.74) is -1.14. The van der Waals surface area contributed by atoms with Gasteiger partial charge in [-0.3, -0.25) is 9.59 Å². The summed E-state index contributed by atoms with van der Waals surface area (Å²) >= 11 is 0. The Kier molecular flexibility index (Phi) is 6.43. The molecule has 7 nitrogen and oxygen atoms in total. The minimum absolute atomic E-state index is 0.0351. The number of likely N-dealkylation sites (tertiary alicyclic amines) is 1. The summed E-state index contributed by atoms with van der Waals surface area (Å²) < 4.78 is 50.7. The molecule has 2 fully saturated rings. The van der Waals surface area contributed by atoms with Gasteiger partial charge in [0.15, 0.2) is 6.73 Å². The molecule has 0 radical (unpaired) electrons. The maximum Gasteiger partial charge on any atom is 0.416 e. The van der Waals surface area contributed by atoms with E-state index >= 15 is 0 Å². The van der Waals surface area contributed by atoms with Gasteiger partial charge in [0.05, 0.1) is 17.5 Å². The number of piperidine rings is 1. The highest BCUT2D eigenvalue weighted by Crippen LogP contribution is 2.49. The SMILES string of the molecule is CC(C)[C@]1(C(=O)N2COc3ccc(C(F)(F)F)cc3C2)CC[C@H](N2CCC(c3cc(=O)[nH]o3)CC2)C1. The molecule has 1 saturated heterocycles. The van der Waals surface area contributed by atoms with Crippen LogP contribution < -0.4 is 10.3 Å². The van der Waals surface area contributed by atoms with Gasteiger partial charge in [0.25, 0.3) is 5.56 Å². The molecule has 5 rings (SSSR count). The van der Waals surface area contributed by atoms with Crippen LogP contribution in [0, 0.1) is 11.3 Å². The van der Waals surface area contributed by atoms with Gasteiger partial charge in [0.2, 0.25) is 5.91 Å². The zero-order chi connectivity index (χ0) is 25.7. The minimum atomic E-state index is -4.45. The van der Waals surface area contributed by atoms with Crippen LogP contribution in [-0.2, 0) is 17.5 Å². The molecule has 10 heteroatoms. The number of ether oxygens (including phenoxy) is 1. The Morgan fingerprint density at radius 2 is 1.92 bits per heavy atom. The Balaban J connectivity index is 1.27. The number of aromatic nitrogens is 1. The second-order valence-corrected chi connectivity index (χ2v) is 10.7. The number of nitrogens with zero attached hydrogens (tertiary/aromatic N) is 2. The van der Waals surface area contributed by atoms with E-state index in [0.29, 0.717) is 17.1 Å². The Morgan fingerprint density at radius 1 is 1.17 bits per heavy atom. The highest BCUT2D eigenvalue weighted by Gasteiger charge is 2.51. The lowest BCUT2D eigenvalue weighted by atomic mass is 9.74. The molecule has 1 saturated carbocycles. The third-order valence-corrected chi connectivity index (χ3v) is 8.46. The summed E-state index contributed by atoms with van der Waals surface area (Å²) in [5, 5.41) is 2.36. The number of carbonyl (C=O) groups excluding carboxylic acids is 1. The first-order chi connectivity index (χ1) is 17.1. The molecule has 0 unspecified atom stereocenters. The van der Waals surface area contributed by atoms with E-state index in [9.17, 15) is 22.8 Å². The fourth-order valence-electron chi connectivity index (χ4n) is 6.24. The van der Waals surface area contributed by atoms with Gasteiger partial charge < -0.3 is 19.1 Å². The Labute approximate surface area is 207 Å². The van der Waals surface area contributed by atoms with Crippen molar-refractivity contribution in [2.75, 3.05) is 19.8 Å². The van der Waals surface area contributed by atoms with Gasteiger partial charge in [0.1, 0.15) is 11.5 Å². The van der Waals surface area contributed by atoms with E-state index in [1.165, 1.54) is 12.1 Å². The molecule has 196 valence electrons. The van der Waals surface area contributed by atoms with Crippen molar-refractivity contribution in [2.24, 2.45) is 11.3 Å². The molecular formula is C26H32F3N3O4. The summed E-state index contributed by atoms with van der Waals surface area (Å²) in [7, 11) is 0. The normalized spacial score (nSPS) is 25.7. The predicted octanol–water partition coefficient (Wildman–Crippen LogP) is 4.74. The van der Waals surface area contributed by atoms with Crippen LogP contribution in [0.5, 0.6) is 5.75 Å². The predicted molar refractivity (Wildman–Crippen MR) is 125 cm³/mol. The number of rotatable bonds is 4. The molecule has 2 aromatic rings. The molecule has 0 spiro atoms. The molecule has 2 atom stereocenters. The topological polar surface area (TPSA) is 78.8 Å². The zero-order valence-electron chi connectivity index (χ0n) is 20.6. The summed E-state index contributed by atoms with van der Waals surface area (Å²) in [6.45, 7) is 6.01. The van der Waals surface area contributed by atoms with Crippen LogP contribution in [0.25, 0.3) is 0 Å². The number of amides is 1. The molecule has 1 aromatic heterocycles. The first-order valence-corrected chi connectivity index (χ1v) is 12.6. The monoisotopic (exact) mass is 507 g/mol. The molecule has 3 heterocycles. The average Bonchev–Trinajstić information content (AvgIpc) is 3.50. The van der Waals surface area contributed by atoms with Crippen molar-refractivity contribution in [3.05, 3.63) is 51.5 Å². The Morgan fingerprint density at radius 3 is 2.56 bits per heavy atom. The van der Waals surface area contributed by atoms with Crippen LogP contribution in [0.3, 0.4) is 0 Å². The van der Waals surface area contributed by atoms with Gasteiger partial charge in [-0.15, -0.1) is 0 Å². The quantitative estimate of drug-likeness (QED) is 0.647. The molecule has 0 bridgehead atoms. The number of benzene rings is 1. The van der Waals surface area contributed by atoms with Gasteiger partial charge >= 0.3 is 6.18 Å². The van der Waals surface area contributed by atoms with E-state index in [0.717, 1.165) is 57.3 Å². The second kappa shape index (κ2) is 9.28. The molecule has 36 heavy (non-hydrogen) atoms. The Hall–Kier alpha value is -2.75. The zero-order valence-corrected chi connectivity index (χ0v) is 20.6. The van der Waals surface area contributed by atoms with Gasteiger partial charge in [-0.25, -0.2) is 0 Å². The van der Waals surface area contributed by atoms with Gasteiger partial charge in [0, 0.05) is 23.6 Å². The highest BCUT2D eigenvalue weighted by atomic mass is 19.4. The number of H-pyrrole nitrogens is 1. The Bertz CT molecular complexity index is 1170. The molecule has 1 amide bonds. The van der Waals surface area contributed by atoms with Crippen molar-refractivity contribution >= 4 is 5.91 Å². The van der Waals surface area contributed by atoms with Crippen molar-refractivity contribution in [1.82, 2.24) is 15.0 Å². The second-order valence-electron chi connectivity index (χ2n) is 10.7. The van der Waals surface area contributed by atoms with E-state index < -0.39 is 17.2 Å². The first-order valence-electron chi connectivity index (χ1n) is 12.6. The maximum atomic E-state index is 13.9. The van der Waals surface area contributed by atoms with Crippen LogP contribution in [0.15, 0.2) is 33.6 Å². The molecule has 2 aliphatic heterocycles. The third kappa shape index (κ3) is 4.55. The standard InChI is InChI=1S/C26H32F3N3O4/c1-16(2)25(24(34)32-14-18-11-19(26(27,28)29)3-4-21(18)35-15-32)8-5-20(13-25)31-9-6-17(7-10-31)22-12-23(33)30-36-22/h3-4,11-12,16-17,20H,5-10,13-15H2,1-2H3,(H,30,33)/t20-,25-/m0/s1. The lowest BCUT2D eigenvalue weighted by molar-refractivity contribution is -0.150. The van der Waals surface area contributed by atoms with Crippen molar-refractivity contribution in [3.8, 4) is 5.75 Å². The number of aromatic amines is 1. The summed E-state index contributed by atoms with van der Waals surface area (Å²) in [5.74, 6) is 1.37. The van der Waals surface area contributed by atoms with Gasteiger partial charge in [-0.1, -0.05) is 13.8 Å². The largest absolute Gasteiger partial charge is 0.473 e. The van der Waals surface area contributed by atoms with Crippen molar-refractivity contribution < 1.29 is 27.2 Å². The highest BCUT2D eigenvalue weighted by molar-refractivity contribution is 5.83. The number of nitrogens with one attached hydrogen (secondary N) is 1. The van der Waals surface area contributed by atoms with E-state index in [1.807, 2.05) is 0 Å². The van der Waals surface area contributed by atoms with Crippen LogP contribution in [0.1, 0.15) is 68.8 Å². The number of hydrogen-bond donors (Lipinski definition) is 1.